The number of nitrogens with one attached hydrogen (secondary N) is 1. The number of rotatable bonds is 5. The Morgan fingerprint density at radius 1 is 0.971 bits per heavy atom. The topological polar surface area (TPSA) is 87.6 Å². The predicted molar refractivity (Wildman–Crippen MR) is 135 cm³/mol. The third kappa shape index (κ3) is 4.48. The van der Waals surface area contributed by atoms with E-state index in [1.165, 1.54) is 0 Å². The zero-order valence-corrected chi connectivity index (χ0v) is 19.4. The molecule has 5 rings (SSSR count). The van der Waals surface area contributed by atoms with E-state index in [2.05, 4.69) is 16.0 Å². The van der Waals surface area contributed by atoms with Crippen LogP contribution in [0.4, 0.5) is 5.69 Å². The zero-order valence-electron chi connectivity index (χ0n) is 19.4. The number of H-pyrrole nitrogens is 1. The van der Waals surface area contributed by atoms with Crippen molar-refractivity contribution >= 4 is 22.5 Å². The fourth-order valence-corrected chi connectivity index (χ4v) is 4.47. The molecule has 3 aromatic carbocycles. The van der Waals surface area contributed by atoms with Gasteiger partial charge in [-0.2, -0.15) is 0 Å². The van der Waals surface area contributed by atoms with Gasteiger partial charge in [-0.1, -0.05) is 36.4 Å². The Bertz CT molecular complexity index is 1490. The highest BCUT2D eigenvalue weighted by Crippen LogP contribution is 2.23. The summed E-state index contributed by atoms with van der Waals surface area (Å²) in [6.45, 7) is 3.42. The molecule has 1 amide bonds. The highest BCUT2D eigenvalue weighted by atomic mass is 16.5. The number of hydrogen-bond donors (Lipinski definition) is 1. The van der Waals surface area contributed by atoms with Gasteiger partial charge in [-0.05, 0) is 42.0 Å². The second kappa shape index (κ2) is 9.60. The SMILES string of the molecule is CN(Cc1ccccc1N1CCOCC1)C(=O)c1ccc2c(=O)n(-c3ccccc3)c(=O)[nH]c2c1. The van der Waals surface area contributed by atoms with E-state index >= 15 is 0 Å². The van der Waals surface area contributed by atoms with Crippen molar-refractivity contribution in [3.05, 3.63) is 105 Å². The molecular weight excluding hydrogens is 444 g/mol. The minimum atomic E-state index is -0.550. The molecule has 178 valence electrons. The Morgan fingerprint density at radius 3 is 2.46 bits per heavy atom. The first-order chi connectivity index (χ1) is 17.0. The number of nitrogens with zero attached hydrogens (tertiary/aromatic N) is 3. The van der Waals surface area contributed by atoms with Crippen LogP contribution >= 0.6 is 0 Å². The summed E-state index contributed by atoms with van der Waals surface area (Å²) in [7, 11) is 1.75. The first kappa shape index (κ1) is 22.6. The summed E-state index contributed by atoms with van der Waals surface area (Å²) in [5, 5.41) is 0.338. The van der Waals surface area contributed by atoms with Crippen LogP contribution in [0.2, 0.25) is 0 Å². The number of morpholine rings is 1. The summed E-state index contributed by atoms with van der Waals surface area (Å²) in [5.41, 5.74) is 2.38. The second-order valence-electron chi connectivity index (χ2n) is 8.56. The van der Waals surface area contributed by atoms with Gasteiger partial charge < -0.3 is 19.5 Å². The molecule has 1 N–H and O–H groups in total. The van der Waals surface area contributed by atoms with Crippen molar-refractivity contribution in [1.29, 1.82) is 0 Å². The van der Waals surface area contributed by atoms with Gasteiger partial charge in [0.25, 0.3) is 11.5 Å². The van der Waals surface area contributed by atoms with Crippen LogP contribution in [0.15, 0.2) is 82.4 Å². The van der Waals surface area contributed by atoms with Crippen LogP contribution in [0, 0.1) is 0 Å². The molecule has 1 fully saturated rings. The Hall–Kier alpha value is -4.17. The summed E-state index contributed by atoms with van der Waals surface area (Å²) < 4.78 is 6.56. The molecule has 0 spiro atoms. The smallest absolute Gasteiger partial charge is 0.333 e. The number of hydrogen-bond acceptors (Lipinski definition) is 5. The standard InChI is InChI=1S/C27H26N4O4/c1-29(18-20-7-5-6-10-24(20)30-13-15-35-16-14-30)25(32)19-11-12-22-23(17-19)28-27(34)31(26(22)33)21-8-3-2-4-9-21/h2-12,17H,13-16,18H2,1H3,(H,28,34). The lowest BCUT2D eigenvalue weighted by atomic mass is 10.1. The lowest BCUT2D eigenvalue weighted by molar-refractivity contribution is 0.0785. The number of carbonyl (C=O) groups is 1. The predicted octanol–water partition coefficient (Wildman–Crippen LogP) is 2.79. The van der Waals surface area contributed by atoms with Crippen molar-refractivity contribution in [2.45, 2.75) is 6.54 Å². The number of carbonyl (C=O) groups excluding carboxylic acids is 1. The Kier molecular flexibility index (Phi) is 6.20. The van der Waals surface area contributed by atoms with Gasteiger partial charge >= 0.3 is 5.69 Å². The minimum Gasteiger partial charge on any atom is -0.378 e. The number of aromatic amines is 1. The van der Waals surface area contributed by atoms with Crippen LogP contribution in [0.25, 0.3) is 16.6 Å². The molecule has 8 heteroatoms. The number of ether oxygens (including phenoxy) is 1. The van der Waals surface area contributed by atoms with E-state index in [-0.39, 0.29) is 5.91 Å². The van der Waals surface area contributed by atoms with E-state index < -0.39 is 11.2 Å². The summed E-state index contributed by atoms with van der Waals surface area (Å²) in [6, 6.07) is 21.6. The molecule has 0 aliphatic carbocycles. The average molecular weight is 471 g/mol. The van der Waals surface area contributed by atoms with Crippen LogP contribution in [0.5, 0.6) is 0 Å². The quantitative estimate of drug-likeness (QED) is 0.485. The molecule has 2 heterocycles. The molecule has 8 nitrogen and oxygen atoms in total. The monoisotopic (exact) mass is 470 g/mol. The van der Waals surface area contributed by atoms with Gasteiger partial charge in [-0.3, -0.25) is 9.59 Å². The van der Waals surface area contributed by atoms with Gasteiger partial charge in [0.2, 0.25) is 0 Å². The lowest BCUT2D eigenvalue weighted by Crippen LogP contribution is -2.37. The number of amides is 1. The molecule has 0 bridgehead atoms. The maximum Gasteiger partial charge on any atom is 0.333 e. The van der Waals surface area contributed by atoms with Crippen molar-refractivity contribution in [2.24, 2.45) is 0 Å². The van der Waals surface area contributed by atoms with E-state index in [4.69, 9.17) is 4.74 Å². The molecule has 0 radical (unpaired) electrons. The Labute approximate surface area is 202 Å². The summed E-state index contributed by atoms with van der Waals surface area (Å²) in [4.78, 5) is 45.6. The molecule has 4 aromatic rings. The number of aromatic nitrogens is 2. The first-order valence-electron chi connectivity index (χ1n) is 11.5. The van der Waals surface area contributed by atoms with E-state index in [9.17, 15) is 14.4 Å². The zero-order chi connectivity index (χ0) is 24.4. The van der Waals surface area contributed by atoms with Gasteiger partial charge in [0.05, 0.1) is 29.8 Å². The minimum absolute atomic E-state index is 0.197. The fraction of sp³-hybridized carbons (Fsp3) is 0.222. The molecule has 1 aliphatic rings. The number of para-hydroxylation sites is 2. The van der Waals surface area contributed by atoms with E-state index in [0.29, 0.717) is 41.9 Å². The largest absolute Gasteiger partial charge is 0.378 e. The highest BCUT2D eigenvalue weighted by Gasteiger charge is 2.19. The van der Waals surface area contributed by atoms with Crippen LogP contribution in [-0.4, -0.2) is 53.7 Å². The Balaban J connectivity index is 1.43. The van der Waals surface area contributed by atoms with Crippen LogP contribution in [0.3, 0.4) is 0 Å². The summed E-state index contributed by atoms with van der Waals surface area (Å²) >= 11 is 0. The van der Waals surface area contributed by atoms with Crippen molar-refractivity contribution in [2.75, 3.05) is 38.3 Å². The number of fused-ring (bicyclic) bond motifs is 1. The van der Waals surface area contributed by atoms with Crippen molar-refractivity contribution < 1.29 is 9.53 Å². The third-order valence-corrected chi connectivity index (χ3v) is 6.26. The molecule has 0 unspecified atom stereocenters. The maximum atomic E-state index is 13.3. The van der Waals surface area contributed by atoms with Gasteiger partial charge in [0, 0.05) is 37.9 Å². The number of benzene rings is 3. The fourth-order valence-electron chi connectivity index (χ4n) is 4.47. The Morgan fingerprint density at radius 2 is 1.69 bits per heavy atom. The van der Waals surface area contributed by atoms with Crippen molar-refractivity contribution in [3.8, 4) is 5.69 Å². The normalized spacial score (nSPS) is 13.7. The summed E-state index contributed by atoms with van der Waals surface area (Å²) in [5.74, 6) is -0.197. The average Bonchev–Trinajstić information content (AvgIpc) is 2.89. The van der Waals surface area contributed by atoms with Crippen LogP contribution in [-0.2, 0) is 11.3 Å². The second-order valence-corrected chi connectivity index (χ2v) is 8.56. The highest BCUT2D eigenvalue weighted by molar-refractivity contribution is 5.97. The van der Waals surface area contributed by atoms with Gasteiger partial charge in [0.15, 0.2) is 0 Å². The molecule has 1 aromatic heterocycles. The molecule has 0 saturated carbocycles. The number of anilines is 1. The van der Waals surface area contributed by atoms with Crippen molar-refractivity contribution in [3.63, 3.8) is 0 Å². The molecule has 35 heavy (non-hydrogen) atoms. The van der Waals surface area contributed by atoms with E-state index in [1.54, 1.807) is 54.4 Å². The van der Waals surface area contributed by atoms with Gasteiger partial charge in [0.1, 0.15) is 0 Å². The first-order valence-corrected chi connectivity index (χ1v) is 11.5. The van der Waals surface area contributed by atoms with Crippen LogP contribution < -0.4 is 16.1 Å². The van der Waals surface area contributed by atoms with Crippen LogP contribution in [0.1, 0.15) is 15.9 Å². The van der Waals surface area contributed by atoms with E-state index in [0.717, 1.165) is 28.9 Å². The summed E-state index contributed by atoms with van der Waals surface area (Å²) in [6.07, 6.45) is 0. The van der Waals surface area contributed by atoms with Crippen molar-refractivity contribution in [1.82, 2.24) is 14.5 Å². The van der Waals surface area contributed by atoms with Gasteiger partial charge in [-0.15, -0.1) is 0 Å². The molecular formula is C27H26N4O4. The molecule has 0 atom stereocenters. The maximum absolute atomic E-state index is 13.3. The third-order valence-electron chi connectivity index (χ3n) is 6.26. The van der Waals surface area contributed by atoms with E-state index in [1.807, 2.05) is 24.3 Å². The van der Waals surface area contributed by atoms with Gasteiger partial charge in [-0.25, -0.2) is 9.36 Å². The lowest BCUT2D eigenvalue weighted by Gasteiger charge is -2.31. The molecule has 1 aliphatic heterocycles. The molecule has 1 saturated heterocycles.